The minimum Gasteiger partial charge on any atom is -0.310 e. The van der Waals surface area contributed by atoms with Crippen molar-refractivity contribution >= 4 is 48.9 Å². The molecule has 0 unspecified atom stereocenters. The summed E-state index contributed by atoms with van der Waals surface area (Å²) in [6, 6.07) is 33.4. The average molecular weight is 603 g/mol. The average Bonchev–Trinajstić information content (AvgIpc) is 3.16. The smallest absolute Gasteiger partial charge is 0.0465 e. The number of rotatable bonds is 9. The third kappa shape index (κ3) is 4.68. The minimum atomic E-state index is 0.0541. The third-order valence-electron chi connectivity index (χ3n) is 7.58. The van der Waals surface area contributed by atoms with E-state index in [1.165, 1.54) is 76.6 Å². The van der Waals surface area contributed by atoms with Gasteiger partial charge in [-0.1, -0.05) is 102 Å². The minimum absolute atomic E-state index is 0.0541. The van der Waals surface area contributed by atoms with Crippen molar-refractivity contribution in [3.05, 3.63) is 111 Å². The van der Waals surface area contributed by atoms with Crippen LogP contribution < -0.4 is 4.90 Å². The Morgan fingerprint density at radius 2 is 1.11 bits per heavy atom. The summed E-state index contributed by atoms with van der Waals surface area (Å²) in [6.45, 7) is 4.62. The van der Waals surface area contributed by atoms with Gasteiger partial charge in [0.25, 0.3) is 0 Å². The SMILES string of the molecule is CCCCC1(CCCC)c2cc(Br)ccc2-c2ccc(N(c3ccccc3)c3ccc(Br)cc3)cc21. The van der Waals surface area contributed by atoms with Gasteiger partial charge in [0.2, 0.25) is 0 Å². The quantitative estimate of drug-likeness (QED) is 0.184. The molecule has 0 amide bonds. The zero-order valence-electron chi connectivity index (χ0n) is 21.1. The Morgan fingerprint density at radius 1 is 0.583 bits per heavy atom. The number of nitrogens with zero attached hydrogens (tertiary/aromatic N) is 1. The van der Waals surface area contributed by atoms with Crippen molar-refractivity contribution in [3.63, 3.8) is 0 Å². The molecule has 1 nitrogen and oxygen atoms in total. The first-order valence-corrected chi connectivity index (χ1v) is 14.7. The van der Waals surface area contributed by atoms with Crippen LogP contribution in [-0.4, -0.2) is 0 Å². The van der Waals surface area contributed by atoms with Gasteiger partial charge in [0.1, 0.15) is 0 Å². The fraction of sp³-hybridized carbons (Fsp3) is 0.273. The van der Waals surface area contributed by atoms with Crippen LogP contribution in [0.3, 0.4) is 0 Å². The molecule has 4 aromatic rings. The lowest BCUT2D eigenvalue weighted by atomic mass is 9.71. The zero-order chi connectivity index (χ0) is 25.1. The Morgan fingerprint density at radius 3 is 1.75 bits per heavy atom. The molecule has 0 fully saturated rings. The van der Waals surface area contributed by atoms with Crippen molar-refractivity contribution in [2.45, 2.75) is 57.8 Å². The normalized spacial score (nSPS) is 13.3. The van der Waals surface area contributed by atoms with Crippen LogP contribution in [0.2, 0.25) is 0 Å². The number of anilines is 3. The summed E-state index contributed by atoms with van der Waals surface area (Å²) in [7, 11) is 0. The van der Waals surface area contributed by atoms with Crippen molar-refractivity contribution in [2.24, 2.45) is 0 Å². The van der Waals surface area contributed by atoms with Crippen LogP contribution in [-0.2, 0) is 5.41 Å². The van der Waals surface area contributed by atoms with E-state index in [2.05, 4.69) is 142 Å². The number of para-hydroxylation sites is 1. The van der Waals surface area contributed by atoms with E-state index in [9.17, 15) is 0 Å². The number of hydrogen-bond donors (Lipinski definition) is 0. The van der Waals surface area contributed by atoms with E-state index in [4.69, 9.17) is 0 Å². The van der Waals surface area contributed by atoms with Gasteiger partial charge in [-0.2, -0.15) is 0 Å². The van der Waals surface area contributed by atoms with Crippen LogP contribution >= 0.6 is 31.9 Å². The van der Waals surface area contributed by atoms with E-state index < -0.39 is 0 Å². The van der Waals surface area contributed by atoms with Crippen molar-refractivity contribution in [1.29, 1.82) is 0 Å². The summed E-state index contributed by atoms with van der Waals surface area (Å²) in [5.74, 6) is 0. The summed E-state index contributed by atoms with van der Waals surface area (Å²) in [4.78, 5) is 2.38. The monoisotopic (exact) mass is 601 g/mol. The number of unbranched alkanes of at least 4 members (excludes halogenated alkanes) is 2. The molecule has 0 saturated carbocycles. The standard InChI is InChI=1S/C33H33Br2N/c1-3-5-20-33(21-6-4-2)31-22-25(35)14-18-29(31)30-19-17-28(23-32(30)33)36(26-10-8-7-9-11-26)27-15-12-24(34)13-16-27/h7-19,22-23H,3-6,20-21H2,1-2H3. The highest BCUT2D eigenvalue weighted by atomic mass is 79.9. The lowest BCUT2D eigenvalue weighted by molar-refractivity contribution is 0.414. The Kier molecular flexibility index (Phi) is 7.69. The maximum absolute atomic E-state index is 3.79. The largest absolute Gasteiger partial charge is 0.310 e. The molecule has 0 radical (unpaired) electrons. The second-order valence-corrected chi connectivity index (χ2v) is 11.7. The third-order valence-corrected chi connectivity index (χ3v) is 8.60. The van der Waals surface area contributed by atoms with Crippen molar-refractivity contribution in [3.8, 4) is 11.1 Å². The molecule has 0 bridgehead atoms. The summed E-state index contributed by atoms with van der Waals surface area (Å²) < 4.78 is 2.26. The predicted molar refractivity (Wildman–Crippen MR) is 162 cm³/mol. The Bertz CT molecular complexity index is 1320. The molecule has 4 aromatic carbocycles. The van der Waals surface area contributed by atoms with Crippen molar-refractivity contribution in [1.82, 2.24) is 0 Å². The van der Waals surface area contributed by atoms with Gasteiger partial charge in [-0.3, -0.25) is 0 Å². The molecule has 1 aliphatic carbocycles. The lowest BCUT2D eigenvalue weighted by Gasteiger charge is -2.34. The molecule has 0 aromatic heterocycles. The van der Waals surface area contributed by atoms with Gasteiger partial charge in [0.05, 0.1) is 0 Å². The van der Waals surface area contributed by atoms with Crippen LogP contribution in [0.5, 0.6) is 0 Å². The Labute approximate surface area is 232 Å². The number of hydrogen-bond acceptors (Lipinski definition) is 1. The molecule has 0 spiro atoms. The van der Waals surface area contributed by atoms with Crippen molar-refractivity contribution in [2.75, 3.05) is 4.90 Å². The van der Waals surface area contributed by atoms with E-state index in [1.54, 1.807) is 0 Å². The number of halogens is 2. The van der Waals surface area contributed by atoms with E-state index in [0.717, 1.165) is 10.2 Å². The van der Waals surface area contributed by atoms with Crippen LogP contribution in [0.4, 0.5) is 17.1 Å². The Balaban J connectivity index is 1.72. The first-order chi connectivity index (χ1) is 17.6. The molecule has 0 N–H and O–H groups in total. The van der Waals surface area contributed by atoms with E-state index in [1.807, 2.05) is 0 Å². The zero-order valence-corrected chi connectivity index (χ0v) is 24.3. The number of benzene rings is 4. The molecular weight excluding hydrogens is 570 g/mol. The highest BCUT2D eigenvalue weighted by molar-refractivity contribution is 9.10. The molecule has 0 atom stereocenters. The summed E-state index contributed by atoms with van der Waals surface area (Å²) in [5, 5.41) is 0. The van der Waals surface area contributed by atoms with Gasteiger partial charge >= 0.3 is 0 Å². The van der Waals surface area contributed by atoms with Crippen molar-refractivity contribution < 1.29 is 0 Å². The second kappa shape index (κ2) is 10.9. The van der Waals surface area contributed by atoms with Gasteiger partial charge in [-0.05, 0) is 95.8 Å². The summed E-state index contributed by atoms with van der Waals surface area (Å²) in [5.41, 5.74) is 9.40. The highest BCUT2D eigenvalue weighted by Crippen LogP contribution is 2.56. The van der Waals surface area contributed by atoms with E-state index >= 15 is 0 Å². The summed E-state index contributed by atoms with van der Waals surface area (Å²) >= 11 is 7.40. The van der Waals surface area contributed by atoms with Gasteiger partial charge in [0.15, 0.2) is 0 Å². The topological polar surface area (TPSA) is 3.24 Å². The first-order valence-electron chi connectivity index (χ1n) is 13.1. The molecule has 1 aliphatic rings. The van der Waals surface area contributed by atoms with Crippen LogP contribution in [0, 0.1) is 0 Å². The molecule has 5 rings (SSSR count). The van der Waals surface area contributed by atoms with E-state index in [-0.39, 0.29) is 5.41 Å². The fourth-order valence-corrected chi connectivity index (χ4v) is 6.46. The molecule has 3 heteroatoms. The van der Waals surface area contributed by atoms with Gasteiger partial charge in [-0.25, -0.2) is 0 Å². The fourth-order valence-electron chi connectivity index (χ4n) is 5.83. The lowest BCUT2D eigenvalue weighted by Crippen LogP contribution is -2.26. The van der Waals surface area contributed by atoms with Gasteiger partial charge in [0, 0.05) is 31.4 Å². The molecule has 0 aliphatic heterocycles. The van der Waals surface area contributed by atoms with Gasteiger partial charge < -0.3 is 4.90 Å². The molecular formula is C33H33Br2N. The van der Waals surface area contributed by atoms with Gasteiger partial charge in [-0.15, -0.1) is 0 Å². The first kappa shape index (κ1) is 25.3. The number of fused-ring (bicyclic) bond motifs is 3. The van der Waals surface area contributed by atoms with Crippen LogP contribution in [0.1, 0.15) is 63.5 Å². The maximum Gasteiger partial charge on any atom is 0.0465 e. The second-order valence-electron chi connectivity index (χ2n) is 9.86. The molecule has 0 heterocycles. The highest BCUT2D eigenvalue weighted by Gasteiger charge is 2.42. The van der Waals surface area contributed by atoms with E-state index in [0.29, 0.717) is 0 Å². The van der Waals surface area contributed by atoms with Crippen LogP contribution in [0.15, 0.2) is 99.9 Å². The summed E-state index contributed by atoms with van der Waals surface area (Å²) in [6.07, 6.45) is 7.26. The molecule has 184 valence electrons. The predicted octanol–water partition coefficient (Wildman–Crippen LogP) is 11.3. The molecule has 36 heavy (non-hydrogen) atoms. The Hall–Kier alpha value is -2.36. The van der Waals surface area contributed by atoms with Crippen LogP contribution in [0.25, 0.3) is 11.1 Å². The molecule has 0 saturated heterocycles. The maximum atomic E-state index is 3.79.